The third kappa shape index (κ3) is 5.72. The summed E-state index contributed by atoms with van der Waals surface area (Å²) in [5.41, 5.74) is 1.15. The van der Waals surface area contributed by atoms with Crippen LogP contribution in [-0.2, 0) is 16.6 Å². The van der Waals surface area contributed by atoms with E-state index >= 15 is 0 Å². The molecule has 1 aromatic heterocycles. The summed E-state index contributed by atoms with van der Waals surface area (Å²) < 4.78 is 38.6. The van der Waals surface area contributed by atoms with E-state index in [-0.39, 0.29) is 28.5 Å². The van der Waals surface area contributed by atoms with Crippen LogP contribution < -0.4 is 14.8 Å². The van der Waals surface area contributed by atoms with Gasteiger partial charge in [0.1, 0.15) is 12.4 Å². The molecule has 0 unspecified atom stereocenters. The van der Waals surface area contributed by atoms with Gasteiger partial charge in [0, 0.05) is 36.6 Å². The van der Waals surface area contributed by atoms with Gasteiger partial charge in [-0.15, -0.1) is 0 Å². The third-order valence-electron chi connectivity index (χ3n) is 5.54. The Balaban J connectivity index is 1.52. The molecule has 1 amide bonds. The number of aromatic nitrogens is 1. The number of carbonyl (C=O) groups is 1. The average Bonchev–Trinajstić information content (AvgIpc) is 3.41. The molecule has 3 aromatic rings. The lowest BCUT2D eigenvalue weighted by atomic mass is 10.1. The minimum Gasteiger partial charge on any atom is -0.506 e. The molecule has 35 heavy (non-hydrogen) atoms. The SMILES string of the molecule is CCOc1cc(C(=O)Nc2cc(S(=O)(=O)N3CCCC3)ccc2O)ccc1OCc1cccnc1. The number of phenols is 1. The Hall–Kier alpha value is -3.63. The topological polar surface area (TPSA) is 118 Å². The van der Waals surface area contributed by atoms with Gasteiger partial charge in [0.15, 0.2) is 11.5 Å². The molecule has 184 valence electrons. The Morgan fingerprint density at radius 1 is 1.09 bits per heavy atom. The summed E-state index contributed by atoms with van der Waals surface area (Å²) in [6.07, 6.45) is 5.00. The number of phenolic OH excluding ortho intramolecular Hbond substituents is 1. The third-order valence-corrected chi connectivity index (χ3v) is 7.44. The van der Waals surface area contributed by atoms with E-state index in [0.29, 0.717) is 31.2 Å². The zero-order chi connectivity index (χ0) is 24.8. The van der Waals surface area contributed by atoms with Crippen molar-refractivity contribution in [3.8, 4) is 17.2 Å². The summed E-state index contributed by atoms with van der Waals surface area (Å²) >= 11 is 0. The molecular weight excluding hydrogens is 470 g/mol. The highest BCUT2D eigenvalue weighted by Gasteiger charge is 2.28. The van der Waals surface area contributed by atoms with Crippen molar-refractivity contribution in [1.82, 2.24) is 9.29 Å². The molecule has 0 radical (unpaired) electrons. The molecule has 0 spiro atoms. The summed E-state index contributed by atoms with van der Waals surface area (Å²) in [6, 6.07) is 12.3. The predicted molar refractivity (Wildman–Crippen MR) is 130 cm³/mol. The van der Waals surface area contributed by atoms with E-state index in [9.17, 15) is 18.3 Å². The molecule has 0 bridgehead atoms. The number of hydrogen-bond donors (Lipinski definition) is 2. The highest BCUT2D eigenvalue weighted by atomic mass is 32.2. The lowest BCUT2D eigenvalue weighted by Crippen LogP contribution is -2.28. The smallest absolute Gasteiger partial charge is 0.255 e. The van der Waals surface area contributed by atoms with Crippen LogP contribution in [0.25, 0.3) is 0 Å². The summed E-state index contributed by atoms with van der Waals surface area (Å²) in [5, 5.41) is 12.8. The van der Waals surface area contributed by atoms with Gasteiger partial charge in [0.05, 0.1) is 17.2 Å². The van der Waals surface area contributed by atoms with Gasteiger partial charge in [-0.3, -0.25) is 9.78 Å². The first-order chi connectivity index (χ1) is 16.9. The van der Waals surface area contributed by atoms with E-state index in [1.54, 1.807) is 30.6 Å². The Kier molecular flexibility index (Phi) is 7.52. The number of pyridine rings is 1. The summed E-state index contributed by atoms with van der Waals surface area (Å²) in [4.78, 5) is 17.0. The fourth-order valence-electron chi connectivity index (χ4n) is 3.73. The van der Waals surface area contributed by atoms with Crippen molar-refractivity contribution in [3.63, 3.8) is 0 Å². The number of rotatable bonds is 9. The van der Waals surface area contributed by atoms with Crippen molar-refractivity contribution < 1.29 is 27.8 Å². The number of hydrogen-bond acceptors (Lipinski definition) is 7. The van der Waals surface area contributed by atoms with Gasteiger partial charge in [0.25, 0.3) is 5.91 Å². The minimum absolute atomic E-state index is 0.00476. The van der Waals surface area contributed by atoms with Crippen LogP contribution in [0.1, 0.15) is 35.7 Å². The molecule has 10 heteroatoms. The minimum atomic E-state index is -3.70. The van der Waals surface area contributed by atoms with E-state index in [1.165, 1.54) is 22.5 Å². The van der Waals surface area contributed by atoms with Crippen molar-refractivity contribution in [2.45, 2.75) is 31.3 Å². The maximum atomic E-state index is 12.9. The number of ether oxygens (including phenoxy) is 2. The quantitative estimate of drug-likeness (QED) is 0.432. The number of anilines is 1. The number of nitrogens with zero attached hydrogens (tertiary/aromatic N) is 2. The lowest BCUT2D eigenvalue weighted by Gasteiger charge is -2.17. The van der Waals surface area contributed by atoms with Crippen LogP contribution in [0.5, 0.6) is 17.2 Å². The van der Waals surface area contributed by atoms with E-state index in [4.69, 9.17) is 9.47 Å². The fraction of sp³-hybridized carbons (Fsp3) is 0.280. The Bertz CT molecular complexity index is 1290. The lowest BCUT2D eigenvalue weighted by molar-refractivity contribution is 0.102. The van der Waals surface area contributed by atoms with Gasteiger partial charge in [0.2, 0.25) is 10.0 Å². The average molecular weight is 498 g/mol. The van der Waals surface area contributed by atoms with Crippen LogP contribution in [-0.4, -0.2) is 48.4 Å². The van der Waals surface area contributed by atoms with E-state index < -0.39 is 15.9 Å². The standard InChI is InChI=1S/C25H27N3O6S/c1-2-33-24-14-19(7-10-23(24)34-17-18-6-5-11-26-16-18)25(30)27-21-15-20(8-9-22(21)29)35(31,32)28-12-3-4-13-28/h5-11,14-16,29H,2-4,12-13,17H2,1H3,(H,27,30). The van der Waals surface area contributed by atoms with Gasteiger partial charge >= 0.3 is 0 Å². The molecule has 2 heterocycles. The predicted octanol–water partition coefficient (Wildman–Crippen LogP) is 3.80. The fourth-order valence-corrected chi connectivity index (χ4v) is 5.27. The zero-order valence-electron chi connectivity index (χ0n) is 19.3. The largest absolute Gasteiger partial charge is 0.506 e. The highest BCUT2D eigenvalue weighted by Crippen LogP contribution is 2.32. The number of carbonyl (C=O) groups excluding carboxylic acids is 1. The second kappa shape index (κ2) is 10.7. The normalized spacial score (nSPS) is 14.0. The van der Waals surface area contributed by atoms with Crippen LogP contribution in [0.15, 0.2) is 65.8 Å². The first-order valence-corrected chi connectivity index (χ1v) is 12.8. The van der Waals surface area contributed by atoms with Crippen molar-refractivity contribution >= 4 is 21.6 Å². The second-order valence-corrected chi connectivity index (χ2v) is 9.93. The first kappa shape index (κ1) is 24.5. The number of benzene rings is 2. The van der Waals surface area contributed by atoms with Crippen LogP contribution >= 0.6 is 0 Å². The molecule has 2 aromatic carbocycles. The van der Waals surface area contributed by atoms with E-state index in [2.05, 4.69) is 10.3 Å². The van der Waals surface area contributed by atoms with Crippen LogP contribution in [0.2, 0.25) is 0 Å². The van der Waals surface area contributed by atoms with Crippen molar-refractivity contribution in [2.24, 2.45) is 0 Å². The molecule has 0 aliphatic carbocycles. The van der Waals surface area contributed by atoms with Gasteiger partial charge < -0.3 is 19.9 Å². The maximum absolute atomic E-state index is 12.9. The van der Waals surface area contributed by atoms with Gasteiger partial charge in [-0.2, -0.15) is 4.31 Å². The molecule has 9 nitrogen and oxygen atoms in total. The molecule has 1 saturated heterocycles. The van der Waals surface area contributed by atoms with Crippen molar-refractivity contribution in [3.05, 3.63) is 72.1 Å². The zero-order valence-corrected chi connectivity index (χ0v) is 20.1. The number of amides is 1. The summed E-state index contributed by atoms with van der Waals surface area (Å²) in [6.45, 7) is 3.39. The first-order valence-electron chi connectivity index (χ1n) is 11.3. The Labute approximate surface area is 204 Å². The van der Waals surface area contributed by atoms with Crippen LogP contribution in [0, 0.1) is 0 Å². The van der Waals surface area contributed by atoms with Gasteiger partial charge in [-0.1, -0.05) is 6.07 Å². The van der Waals surface area contributed by atoms with Gasteiger partial charge in [-0.25, -0.2) is 8.42 Å². The number of nitrogens with one attached hydrogen (secondary N) is 1. The second-order valence-electron chi connectivity index (χ2n) is 7.99. The molecule has 4 rings (SSSR count). The highest BCUT2D eigenvalue weighted by molar-refractivity contribution is 7.89. The van der Waals surface area contributed by atoms with Crippen molar-refractivity contribution in [2.75, 3.05) is 25.0 Å². The van der Waals surface area contributed by atoms with Crippen LogP contribution in [0.4, 0.5) is 5.69 Å². The number of sulfonamides is 1. The molecule has 1 aliphatic heterocycles. The van der Waals surface area contributed by atoms with Crippen LogP contribution in [0.3, 0.4) is 0 Å². The molecule has 2 N–H and O–H groups in total. The molecule has 0 atom stereocenters. The monoisotopic (exact) mass is 497 g/mol. The Morgan fingerprint density at radius 2 is 1.89 bits per heavy atom. The van der Waals surface area contributed by atoms with Gasteiger partial charge in [-0.05, 0) is 62.2 Å². The summed E-state index contributed by atoms with van der Waals surface area (Å²) in [5.74, 6) is 0.0865. The molecule has 1 fully saturated rings. The Morgan fingerprint density at radius 3 is 2.60 bits per heavy atom. The molecule has 0 saturated carbocycles. The van der Waals surface area contributed by atoms with E-state index in [1.807, 2.05) is 19.1 Å². The van der Waals surface area contributed by atoms with E-state index in [0.717, 1.165) is 18.4 Å². The van der Waals surface area contributed by atoms with Crippen molar-refractivity contribution in [1.29, 1.82) is 0 Å². The summed E-state index contributed by atoms with van der Waals surface area (Å²) in [7, 11) is -3.70. The maximum Gasteiger partial charge on any atom is 0.255 e. The molecular formula is C25H27N3O6S. The molecule has 1 aliphatic rings. The number of aromatic hydroxyl groups is 1.